The van der Waals surface area contributed by atoms with Crippen LogP contribution in [0.25, 0.3) is 0 Å². The molecule has 2 fully saturated rings. The van der Waals surface area contributed by atoms with Crippen LogP contribution in [0, 0.1) is 5.41 Å². The Morgan fingerprint density at radius 3 is 2.67 bits per heavy atom. The van der Waals surface area contributed by atoms with Gasteiger partial charge in [0, 0.05) is 43.3 Å². The molecule has 2 aliphatic heterocycles. The standard InChI is InChI=1S/C20H31BN2O4/c1-19(2,3)27-18(24)23-11-7-8-15(12-23)16-9-6-10-17(22-16)21-25-13-20(4,5)14-26-21/h6,9-10,15H,7-8,11-14H2,1-5H3. The van der Waals surface area contributed by atoms with Crippen LogP contribution >= 0.6 is 0 Å². The van der Waals surface area contributed by atoms with Crippen LogP contribution in [-0.4, -0.2) is 55.0 Å². The Morgan fingerprint density at radius 2 is 2.00 bits per heavy atom. The predicted molar refractivity (Wildman–Crippen MR) is 105 cm³/mol. The van der Waals surface area contributed by atoms with Crippen molar-refractivity contribution in [2.45, 2.75) is 59.0 Å². The van der Waals surface area contributed by atoms with Crippen molar-refractivity contribution in [3.8, 4) is 0 Å². The van der Waals surface area contributed by atoms with Gasteiger partial charge in [0.25, 0.3) is 0 Å². The lowest BCUT2D eigenvalue weighted by atomic mass is 9.79. The van der Waals surface area contributed by atoms with Crippen LogP contribution in [0.4, 0.5) is 4.79 Å². The highest BCUT2D eigenvalue weighted by Crippen LogP contribution is 2.27. The molecule has 1 aromatic heterocycles. The van der Waals surface area contributed by atoms with Crippen molar-refractivity contribution in [3.05, 3.63) is 23.9 Å². The molecule has 0 aromatic carbocycles. The zero-order valence-electron chi connectivity index (χ0n) is 17.2. The number of hydrogen-bond donors (Lipinski definition) is 0. The van der Waals surface area contributed by atoms with Gasteiger partial charge >= 0.3 is 13.2 Å². The number of pyridine rings is 1. The van der Waals surface area contributed by atoms with E-state index < -0.39 is 12.7 Å². The lowest BCUT2D eigenvalue weighted by Gasteiger charge is -2.34. The topological polar surface area (TPSA) is 60.9 Å². The Hall–Kier alpha value is -1.60. The van der Waals surface area contributed by atoms with Crippen LogP contribution in [0.15, 0.2) is 18.2 Å². The van der Waals surface area contributed by atoms with Gasteiger partial charge in [0.1, 0.15) is 5.60 Å². The minimum atomic E-state index is -0.481. The lowest BCUT2D eigenvalue weighted by Crippen LogP contribution is -2.49. The molecule has 1 unspecified atom stereocenters. The van der Waals surface area contributed by atoms with Crippen molar-refractivity contribution in [1.29, 1.82) is 0 Å². The minimum absolute atomic E-state index is 0.0331. The average molecular weight is 374 g/mol. The molecule has 1 aromatic rings. The quantitative estimate of drug-likeness (QED) is 0.745. The van der Waals surface area contributed by atoms with Crippen LogP contribution < -0.4 is 5.59 Å². The van der Waals surface area contributed by atoms with Crippen molar-refractivity contribution in [2.24, 2.45) is 5.41 Å². The molecule has 6 nitrogen and oxygen atoms in total. The van der Waals surface area contributed by atoms with Gasteiger partial charge in [0.15, 0.2) is 0 Å². The Balaban J connectivity index is 1.67. The predicted octanol–water partition coefficient (Wildman–Crippen LogP) is 2.96. The zero-order chi connectivity index (χ0) is 19.7. The van der Waals surface area contributed by atoms with Crippen molar-refractivity contribution in [3.63, 3.8) is 0 Å². The summed E-state index contributed by atoms with van der Waals surface area (Å²) in [6.07, 6.45) is 1.71. The third-order valence-electron chi connectivity index (χ3n) is 4.78. The maximum atomic E-state index is 12.4. The monoisotopic (exact) mass is 374 g/mol. The minimum Gasteiger partial charge on any atom is -0.444 e. The molecule has 1 atom stereocenters. The normalized spacial score (nSPS) is 23.2. The SMILES string of the molecule is CC1(C)COB(c2cccc(C3CCCN(C(=O)OC(C)(C)C)C3)n2)OC1. The van der Waals surface area contributed by atoms with Gasteiger partial charge in [-0.05, 0) is 45.7 Å². The Bertz CT molecular complexity index is 664. The molecular formula is C20H31BN2O4. The summed E-state index contributed by atoms with van der Waals surface area (Å²) in [5, 5.41) is 0. The number of ether oxygens (including phenoxy) is 1. The highest BCUT2D eigenvalue weighted by molar-refractivity contribution is 6.60. The van der Waals surface area contributed by atoms with E-state index in [9.17, 15) is 4.79 Å². The molecule has 0 aliphatic carbocycles. The lowest BCUT2D eigenvalue weighted by molar-refractivity contribution is 0.0197. The molecule has 0 N–H and O–H groups in total. The van der Waals surface area contributed by atoms with Gasteiger partial charge < -0.3 is 18.9 Å². The van der Waals surface area contributed by atoms with Crippen LogP contribution in [0.5, 0.6) is 0 Å². The number of amides is 1. The highest BCUT2D eigenvalue weighted by atomic mass is 16.6. The Kier molecular flexibility index (Phi) is 5.82. The Labute approximate surface area is 162 Å². The summed E-state index contributed by atoms with van der Waals surface area (Å²) < 4.78 is 17.3. The molecule has 7 heteroatoms. The largest absolute Gasteiger partial charge is 0.513 e. The smallest absolute Gasteiger partial charge is 0.444 e. The molecule has 2 saturated heterocycles. The summed E-state index contributed by atoms with van der Waals surface area (Å²) in [6, 6.07) is 5.97. The fraction of sp³-hybridized carbons (Fsp3) is 0.700. The molecule has 3 rings (SSSR count). The van der Waals surface area contributed by atoms with Crippen molar-refractivity contribution < 1.29 is 18.8 Å². The first-order valence-electron chi connectivity index (χ1n) is 9.81. The van der Waals surface area contributed by atoms with E-state index in [4.69, 9.17) is 19.0 Å². The first kappa shape index (κ1) is 20.1. The van der Waals surface area contributed by atoms with Crippen LogP contribution in [0.1, 0.15) is 59.1 Å². The molecule has 0 bridgehead atoms. The fourth-order valence-corrected chi connectivity index (χ4v) is 3.40. The molecule has 0 spiro atoms. The van der Waals surface area contributed by atoms with E-state index >= 15 is 0 Å². The maximum absolute atomic E-state index is 12.4. The Morgan fingerprint density at radius 1 is 1.30 bits per heavy atom. The highest BCUT2D eigenvalue weighted by Gasteiger charge is 2.35. The summed E-state index contributed by atoms with van der Waals surface area (Å²) in [4.78, 5) is 19.0. The van der Waals surface area contributed by atoms with Gasteiger partial charge in [-0.15, -0.1) is 0 Å². The maximum Gasteiger partial charge on any atom is 0.513 e. The third kappa shape index (κ3) is 5.45. The van der Waals surface area contributed by atoms with E-state index in [-0.39, 0.29) is 17.4 Å². The molecule has 1 amide bonds. The number of carbonyl (C=O) groups excluding carboxylic acids is 1. The molecule has 0 radical (unpaired) electrons. The number of rotatable bonds is 2. The number of aromatic nitrogens is 1. The van der Waals surface area contributed by atoms with E-state index in [0.29, 0.717) is 19.8 Å². The fourth-order valence-electron chi connectivity index (χ4n) is 3.40. The van der Waals surface area contributed by atoms with E-state index in [1.165, 1.54) is 0 Å². The van der Waals surface area contributed by atoms with Crippen molar-refractivity contribution in [1.82, 2.24) is 9.88 Å². The summed E-state index contributed by atoms with van der Waals surface area (Å²) >= 11 is 0. The van der Waals surface area contributed by atoms with E-state index in [1.54, 1.807) is 4.90 Å². The third-order valence-corrected chi connectivity index (χ3v) is 4.78. The number of carbonyl (C=O) groups is 1. The van der Waals surface area contributed by atoms with Crippen LogP contribution in [0.2, 0.25) is 0 Å². The number of piperidine rings is 1. The van der Waals surface area contributed by atoms with E-state index in [2.05, 4.69) is 13.8 Å². The second-order valence-electron chi connectivity index (χ2n) is 9.37. The van der Waals surface area contributed by atoms with Gasteiger partial charge in [0.2, 0.25) is 0 Å². The van der Waals surface area contributed by atoms with Crippen LogP contribution in [-0.2, 0) is 14.0 Å². The van der Waals surface area contributed by atoms with Crippen molar-refractivity contribution in [2.75, 3.05) is 26.3 Å². The molecule has 27 heavy (non-hydrogen) atoms. The van der Waals surface area contributed by atoms with Crippen molar-refractivity contribution >= 4 is 18.8 Å². The molecular weight excluding hydrogens is 343 g/mol. The molecule has 3 heterocycles. The van der Waals surface area contributed by atoms with Gasteiger partial charge in [-0.2, -0.15) is 0 Å². The zero-order valence-corrected chi connectivity index (χ0v) is 17.2. The van der Waals surface area contributed by atoms with Gasteiger partial charge in [0.05, 0.1) is 5.59 Å². The van der Waals surface area contributed by atoms with E-state index in [1.807, 2.05) is 39.0 Å². The molecule has 148 valence electrons. The summed E-state index contributed by atoms with van der Waals surface area (Å²) in [5.41, 5.74) is 1.34. The number of nitrogens with zero attached hydrogens (tertiary/aromatic N) is 2. The first-order valence-corrected chi connectivity index (χ1v) is 9.81. The number of hydrogen-bond acceptors (Lipinski definition) is 5. The molecule has 2 aliphatic rings. The summed E-state index contributed by atoms with van der Waals surface area (Å²) in [5.74, 6) is 0.200. The summed E-state index contributed by atoms with van der Waals surface area (Å²) in [7, 11) is -0.413. The van der Waals surface area contributed by atoms with Gasteiger partial charge in [-0.1, -0.05) is 19.9 Å². The van der Waals surface area contributed by atoms with E-state index in [0.717, 1.165) is 30.7 Å². The van der Waals surface area contributed by atoms with Crippen LogP contribution in [0.3, 0.4) is 0 Å². The second-order valence-corrected chi connectivity index (χ2v) is 9.37. The van der Waals surface area contributed by atoms with Gasteiger partial charge in [-0.3, -0.25) is 4.98 Å². The van der Waals surface area contributed by atoms with Gasteiger partial charge in [-0.25, -0.2) is 4.79 Å². The second kappa shape index (κ2) is 7.80. The molecule has 0 saturated carbocycles. The average Bonchev–Trinajstić information content (AvgIpc) is 2.60. The number of likely N-dealkylation sites (tertiary alicyclic amines) is 1. The summed E-state index contributed by atoms with van der Waals surface area (Å²) in [6.45, 7) is 12.6. The first-order chi connectivity index (χ1) is 12.6.